The van der Waals surface area contributed by atoms with Gasteiger partial charge < -0.3 is 4.74 Å². The van der Waals surface area contributed by atoms with Gasteiger partial charge in [-0.3, -0.25) is 29.5 Å². The topological polar surface area (TPSA) is 119 Å². The Kier molecular flexibility index (Phi) is 5.65. The van der Waals surface area contributed by atoms with Crippen LogP contribution >= 0.6 is 0 Å². The number of methoxy groups -OCH3 is 1. The number of nitro groups is 1. The summed E-state index contributed by atoms with van der Waals surface area (Å²) < 4.78 is 5.27. The lowest BCUT2D eigenvalue weighted by atomic mass is 9.63. The van der Waals surface area contributed by atoms with Crippen LogP contribution in [0, 0.1) is 15.5 Å². The number of benzene rings is 4. The van der Waals surface area contributed by atoms with Gasteiger partial charge in [-0.15, -0.1) is 0 Å². The largest absolute Gasteiger partial charge is 0.497 e. The summed E-state index contributed by atoms with van der Waals surface area (Å²) in [6.45, 7) is 0. The first-order valence-corrected chi connectivity index (χ1v) is 13.4. The van der Waals surface area contributed by atoms with Crippen LogP contribution in [-0.2, 0) is 0 Å². The van der Waals surface area contributed by atoms with E-state index < -0.39 is 39.9 Å². The zero-order valence-corrected chi connectivity index (χ0v) is 22.3. The van der Waals surface area contributed by atoms with E-state index in [9.17, 15) is 24.5 Å². The molecule has 4 aromatic rings. The van der Waals surface area contributed by atoms with E-state index in [1.165, 1.54) is 25.3 Å². The average Bonchev–Trinajstić information content (AvgIpc) is 3.47. The third kappa shape index (κ3) is 3.36. The molecule has 0 bridgehead atoms. The first-order valence-electron chi connectivity index (χ1n) is 13.4. The van der Waals surface area contributed by atoms with Crippen LogP contribution in [0.3, 0.4) is 0 Å². The van der Waals surface area contributed by atoms with Gasteiger partial charge >= 0.3 is 0 Å². The van der Waals surface area contributed by atoms with Crippen LogP contribution in [0.5, 0.6) is 5.75 Å². The molecule has 0 N–H and O–H groups in total. The van der Waals surface area contributed by atoms with Crippen molar-refractivity contribution in [1.82, 2.24) is 5.01 Å². The van der Waals surface area contributed by atoms with Crippen molar-refractivity contribution in [2.45, 2.75) is 18.0 Å². The molecule has 7 rings (SSSR count). The van der Waals surface area contributed by atoms with E-state index in [4.69, 9.17) is 9.84 Å². The molecule has 1 unspecified atom stereocenters. The SMILES string of the molecule is COc1ccc(C(=O)[C@@H]2[C@@H](c3cccc([N+](=O)[O-])c3)C3(C(=O)c4ccccc4C3=O)C3c4ccccc4C=NN32)cc1. The maximum atomic E-state index is 14.7. The highest BCUT2D eigenvalue weighted by Crippen LogP contribution is 2.64. The number of non-ortho nitro benzene ring substituents is 1. The number of hydrazone groups is 1. The minimum atomic E-state index is -1.81. The highest BCUT2D eigenvalue weighted by molar-refractivity contribution is 6.31. The Morgan fingerprint density at radius 2 is 1.57 bits per heavy atom. The van der Waals surface area contributed by atoms with E-state index in [-0.39, 0.29) is 22.6 Å². The molecule has 9 nitrogen and oxygen atoms in total. The van der Waals surface area contributed by atoms with Crippen LogP contribution in [-0.4, -0.2) is 46.6 Å². The zero-order valence-electron chi connectivity index (χ0n) is 22.3. The Bertz CT molecular complexity index is 1810. The molecule has 1 aliphatic carbocycles. The zero-order chi connectivity index (χ0) is 29.2. The highest BCUT2D eigenvalue weighted by Gasteiger charge is 2.72. The molecule has 0 aromatic heterocycles. The second kappa shape index (κ2) is 9.31. The monoisotopic (exact) mass is 557 g/mol. The molecule has 0 amide bonds. The summed E-state index contributed by atoms with van der Waals surface area (Å²) in [7, 11) is 1.52. The van der Waals surface area contributed by atoms with Crippen LogP contribution in [0.1, 0.15) is 59.7 Å². The molecule has 1 spiro atoms. The van der Waals surface area contributed by atoms with Crippen LogP contribution in [0.25, 0.3) is 0 Å². The van der Waals surface area contributed by atoms with E-state index in [0.717, 1.165) is 5.56 Å². The predicted molar refractivity (Wildman–Crippen MR) is 153 cm³/mol. The maximum Gasteiger partial charge on any atom is 0.269 e. The molecule has 3 aliphatic rings. The number of hydrogen-bond donors (Lipinski definition) is 0. The lowest BCUT2D eigenvalue weighted by molar-refractivity contribution is -0.384. The summed E-state index contributed by atoms with van der Waals surface area (Å²) in [4.78, 5) is 55.3. The number of Topliss-reactive ketones (excluding diaryl/α,β-unsaturated/α-hetero) is 3. The summed E-state index contributed by atoms with van der Waals surface area (Å²) in [6.07, 6.45) is 1.63. The Balaban J connectivity index is 1.54. The molecule has 206 valence electrons. The fourth-order valence-electron chi connectivity index (χ4n) is 6.91. The molecular formula is C33H23N3O6. The highest BCUT2D eigenvalue weighted by atomic mass is 16.6. The van der Waals surface area contributed by atoms with Crippen molar-refractivity contribution < 1.29 is 24.0 Å². The van der Waals surface area contributed by atoms with Gasteiger partial charge in [-0.1, -0.05) is 60.7 Å². The number of rotatable bonds is 5. The van der Waals surface area contributed by atoms with Crippen molar-refractivity contribution in [1.29, 1.82) is 0 Å². The van der Waals surface area contributed by atoms with Gasteiger partial charge in [0.2, 0.25) is 0 Å². The molecule has 0 radical (unpaired) electrons. The second-order valence-corrected chi connectivity index (χ2v) is 10.6. The van der Waals surface area contributed by atoms with Gasteiger partial charge in [0.05, 0.1) is 24.3 Å². The molecular weight excluding hydrogens is 534 g/mol. The summed E-state index contributed by atoms with van der Waals surface area (Å²) >= 11 is 0. The first-order chi connectivity index (χ1) is 20.4. The van der Waals surface area contributed by atoms with Crippen LogP contribution in [0.15, 0.2) is 102 Å². The van der Waals surface area contributed by atoms with Crippen molar-refractivity contribution in [3.05, 3.63) is 141 Å². The second-order valence-electron chi connectivity index (χ2n) is 10.6. The fourth-order valence-corrected chi connectivity index (χ4v) is 6.91. The number of nitrogens with zero attached hydrogens (tertiary/aromatic N) is 3. The minimum absolute atomic E-state index is 0.206. The predicted octanol–water partition coefficient (Wildman–Crippen LogP) is 5.41. The van der Waals surface area contributed by atoms with Crippen molar-refractivity contribution in [3.63, 3.8) is 0 Å². The standard InChI is InChI=1S/C33H23N3O6/c1-42-23-15-13-19(14-16-23)29(37)28-27(20-8-6-9-22(17-20)36(40)41)33(31(38)25-11-4-5-12-26(25)32(33)39)30-24-10-3-2-7-21(24)18-34-35(28)30/h2-18,27-28,30H,1H3/t27-,28+,30?/m1/s1. The van der Waals surface area contributed by atoms with Gasteiger partial charge in [0.25, 0.3) is 5.69 Å². The minimum Gasteiger partial charge on any atom is -0.497 e. The van der Waals surface area contributed by atoms with Gasteiger partial charge in [-0.05, 0) is 41.0 Å². The number of nitro benzene ring substituents is 1. The third-order valence-corrected chi connectivity index (χ3v) is 8.66. The Morgan fingerprint density at radius 3 is 2.24 bits per heavy atom. The van der Waals surface area contributed by atoms with Crippen LogP contribution in [0.4, 0.5) is 5.69 Å². The van der Waals surface area contributed by atoms with E-state index in [0.29, 0.717) is 22.4 Å². The molecule has 3 atom stereocenters. The number of ether oxygens (including phenoxy) is 1. The number of ketones is 3. The van der Waals surface area contributed by atoms with Crippen molar-refractivity contribution in [2.75, 3.05) is 7.11 Å². The smallest absolute Gasteiger partial charge is 0.269 e. The normalized spacial score (nSPS) is 21.2. The van der Waals surface area contributed by atoms with Crippen LogP contribution < -0.4 is 4.74 Å². The first kappa shape index (κ1) is 25.5. The quantitative estimate of drug-likeness (QED) is 0.139. The van der Waals surface area contributed by atoms with Crippen molar-refractivity contribution in [3.8, 4) is 5.75 Å². The van der Waals surface area contributed by atoms with Crippen molar-refractivity contribution >= 4 is 29.3 Å². The van der Waals surface area contributed by atoms with Gasteiger partial charge in [-0.25, -0.2) is 0 Å². The van der Waals surface area contributed by atoms with Gasteiger partial charge in [-0.2, -0.15) is 5.10 Å². The molecule has 4 aromatic carbocycles. The lowest BCUT2D eigenvalue weighted by Gasteiger charge is -2.36. The number of carbonyl (C=O) groups is 3. The van der Waals surface area contributed by atoms with Gasteiger partial charge in [0.1, 0.15) is 17.2 Å². The third-order valence-electron chi connectivity index (χ3n) is 8.66. The Labute approximate surface area is 240 Å². The summed E-state index contributed by atoms with van der Waals surface area (Å²) in [5.74, 6) is -1.75. The van der Waals surface area contributed by atoms with Crippen molar-refractivity contribution in [2.24, 2.45) is 10.5 Å². The molecule has 2 heterocycles. The maximum absolute atomic E-state index is 14.7. The van der Waals surface area contributed by atoms with E-state index in [1.807, 2.05) is 24.3 Å². The summed E-state index contributed by atoms with van der Waals surface area (Å²) in [5.41, 5.74) is 0.601. The number of hydrogen-bond acceptors (Lipinski definition) is 8. The molecule has 42 heavy (non-hydrogen) atoms. The van der Waals surface area contributed by atoms with Gasteiger partial charge in [0, 0.05) is 34.7 Å². The number of carbonyl (C=O) groups excluding carboxylic acids is 3. The van der Waals surface area contributed by atoms with E-state index in [2.05, 4.69) is 0 Å². The molecule has 1 fully saturated rings. The Morgan fingerprint density at radius 1 is 0.905 bits per heavy atom. The summed E-state index contributed by atoms with van der Waals surface area (Å²) in [5, 5.41) is 18.1. The molecule has 9 heteroatoms. The van der Waals surface area contributed by atoms with E-state index in [1.54, 1.807) is 65.8 Å². The molecule has 0 saturated carbocycles. The van der Waals surface area contributed by atoms with Gasteiger partial charge in [0.15, 0.2) is 17.3 Å². The molecule has 2 aliphatic heterocycles. The van der Waals surface area contributed by atoms with E-state index >= 15 is 0 Å². The summed E-state index contributed by atoms with van der Waals surface area (Å²) in [6, 6.07) is 24.4. The average molecular weight is 558 g/mol. The molecule has 1 saturated heterocycles. The number of fused-ring (bicyclic) bond motifs is 5. The van der Waals surface area contributed by atoms with Crippen LogP contribution in [0.2, 0.25) is 0 Å². The lowest BCUT2D eigenvalue weighted by Crippen LogP contribution is -2.43. The Hall–Kier alpha value is -5.44. The fraction of sp³-hybridized carbons (Fsp3) is 0.152.